The monoisotopic (exact) mass is 368 g/mol. The maximum absolute atomic E-state index is 12.1. The molecule has 0 unspecified atom stereocenters. The van der Waals surface area contributed by atoms with Gasteiger partial charge in [0.1, 0.15) is 0 Å². The highest BCUT2D eigenvalue weighted by atomic mass is 79.9. The standard InChI is InChI=1S/C16H25BrN4O/c1-13-4-5-15(14(17)12-13)20-8-10-21(11-9-20)16(22)18-6-7-19(2)3/h4-5,12H,6-11H2,1-3H3,(H,18,22). The SMILES string of the molecule is Cc1ccc(N2CCN(C(=O)NCCN(C)C)CC2)c(Br)c1. The molecule has 0 atom stereocenters. The van der Waals surface area contributed by atoms with Crippen LogP contribution in [-0.4, -0.2) is 69.2 Å². The van der Waals surface area contributed by atoms with Gasteiger partial charge in [-0.2, -0.15) is 0 Å². The maximum atomic E-state index is 12.1. The lowest BCUT2D eigenvalue weighted by atomic mass is 10.2. The first-order chi connectivity index (χ1) is 10.5. The van der Waals surface area contributed by atoms with Gasteiger partial charge in [-0.3, -0.25) is 0 Å². The normalized spacial score (nSPS) is 15.3. The molecule has 1 aliphatic rings. The molecule has 1 saturated heterocycles. The number of nitrogens with one attached hydrogen (secondary N) is 1. The van der Waals surface area contributed by atoms with E-state index in [9.17, 15) is 4.79 Å². The van der Waals surface area contributed by atoms with Crippen LogP contribution in [0.5, 0.6) is 0 Å². The van der Waals surface area contributed by atoms with Gasteiger partial charge < -0.3 is 20.0 Å². The number of carbonyl (C=O) groups excluding carboxylic acids is 1. The summed E-state index contributed by atoms with van der Waals surface area (Å²) in [6, 6.07) is 6.45. The highest BCUT2D eigenvalue weighted by molar-refractivity contribution is 9.10. The van der Waals surface area contributed by atoms with Crippen molar-refractivity contribution >= 4 is 27.6 Å². The van der Waals surface area contributed by atoms with Gasteiger partial charge in [-0.25, -0.2) is 4.79 Å². The number of piperazine rings is 1. The Hall–Kier alpha value is -1.27. The molecular formula is C16H25BrN4O. The molecule has 1 aromatic rings. The molecule has 1 N–H and O–H groups in total. The second kappa shape index (κ2) is 7.83. The number of hydrogen-bond donors (Lipinski definition) is 1. The van der Waals surface area contributed by atoms with E-state index >= 15 is 0 Å². The van der Waals surface area contributed by atoms with Crippen molar-refractivity contribution in [2.24, 2.45) is 0 Å². The van der Waals surface area contributed by atoms with Crippen molar-refractivity contribution in [2.45, 2.75) is 6.92 Å². The first-order valence-corrected chi connectivity index (χ1v) is 8.45. The Morgan fingerprint density at radius 1 is 1.27 bits per heavy atom. The molecule has 0 spiro atoms. The summed E-state index contributed by atoms with van der Waals surface area (Å²) in [4.78, 5) is 18.4. The van der Waals surface area contributed by atoms with E-state index in [1.165, 1.54) is 11.3 Å². The summed E-state index contributed by atoms with van der Waals surface area (Å²) in [5.74, 6) is 0. The average Bonchev–Trinajstić information content (AvgIpc) is 2.47. The first kappa shape index (κ1) is 17.1. The number of benzene rings is 1. The smallest absolute Gasteiger partial charge is 0.317 e. The van der Waals surface area contributed by atoms with Crippen molar-refractivity contribution in [3.63, 3.8) is 0 Å². The third kappa shape index (κ3) is 4.61. The molecule has 1 fully saturated rings. The van der Waals surface area contributed by atoms with E-state index in [4.69, 9.17) is 0 Å². The number of aryl methyl sites for hydroxylation is 1. The summed E-state index contributed by atoms with van der Waals surface area (Å²) in [6.07, 6.45) is 0. The van der Waals surface area contributed by atoms with E-state index in [1.54, 1.807) is 0 Å². The number of rotatable bonds is 4. The van der Waals surface area contributed by atoms with Crippen LogP contribution in [0.4, 0.5) is 10.5 Å². The number of hydrogen-bond acceptors (Lipinski definition) is 3. The molecule has 1 aliphatic heterocycles. The summed E-state index contributed by atoms with van der Waals surface area (Å²) < 4.78 is 1.12. The van der Waals surface area contributed by atoms with Crippen molar-refractivity contribution in [3.05, 3.63) is 28.2 Å². The van der Waals surface area contributed by atoms with Gasteiger partial charge in [0, 0.05) is 43.7 Å². The largest absolute Gasteiger partial charge is 0.367 e. The van der Waals surface area contributed by atoms with Crippen LogP contribution in [0.1, 0.15) is 5.56 Å². The summed E-state index contributed by atoms with van der Waals surface area (Å²) >= 11 is 3.64. The number of halogens is 1. The molecule has 0 bridgehead atoms. The van der Waals surface area contributed by atoms with Crippen LogP contribution in [-0.2, 0) is 0 Å². The van der Waals surface area contributed by atoms with E-state index in [1.807, 2.05) is 19.0 Å². The van der Waals surface area contributed by atoms with E-state index < -0.39 is 0 Å². The zero-order valence-corrected chi connectivity index (χ0v) is 15.2. The highest BCUT2D eigenvalue weighted by Gasteiger charge is 2.22. The van der Waals surface area contributed by atoms with Crippen LogP contribution < -0.4 is 10.2 Å². The number of amides is 2. The van der Waals surface area contributed by atoms with Crippen LogP contribution in [0.25, 0.3) is 0 Å². The quantitative estimate of drug-likeness (QED) is 0.884. The summed E-state index contributed by atoms with van der Waals surface area (Å²) in [5, 5.41) is 2.97. The van der Waals surface area contributed by atoms with E-state index in [0.29, 0.717) is 6.54 Å². The van der Waals surface area contributed by atoms with Gasteiger partial charge in [-0.05, 0) is 54.6 Å². The van der Waals surface area contributed by atoms with Crippen molar-refractivity contribution in [3.8, 4) is 0 Å². The fraction of sp³-hybridized carbons (Fsp3) is 0.562. The second-order valence-electron chi connectivity index (χ2n) is 5.96. The highest BCUT2D eigenvalue weighted by Crippen LogP contribution is 2.28. The Morgan fingerprint density at radius 3 is 2.55 bits per heavy atom. The van der Waals surface area contributed by atoms with Gasteiger partial charge in [0.05, 0.1) is 5.69 Å². The van der Waals surface area contributed by atoms with Crippen molar-refractivity contribution in [1.29, 1.82) is 0 Å². The third-order valence-electron chi connectivity index (χ3n) is 3.85. The van der Waals surface area contributed by atoms with Gasteiger partial charge in [0.15, 0.2) is 0 Å². The average molecular weight is 369 g/mol. The predicted molar refractivity (Wildman–Crippen MR) is 94.6 cm³/mol. The zero-order chi connectivity index (χ0) is 16.1. The fourth-order valence-electron chi connectivity index (χ4n) is 2.52. The number of carbonyl (C=O) groups is 1. The maximum Gasteiger partial charge on any atom is 0.317 e. The van der Waals surface area contributed by atoms with Crippen LogP contribution in [0.15, 0.2) is 22.7 Å². The van der Waals surface area contributed by atoms with Crippen molar-refractivity contribution in [1.82, 2.24) is 15.1 Å². The Balaban J connectivity index is 1.83. The van der Waals surface area contributed by atoms with E-state index in [-0.39, 0.29) is 6.03 Å². The molecule has 0 aliphatic carbocycles. The molecule has 2 rings (SSSR count). The molecular weight excluding hydrogens is 344 g/mol. The molecule has 1 heterocycles. The molecule has 5 nitrogen and oxygen atoms in total. The van der Waals surface area contributed by atoms with Crippen molar-refractivity contribution in [2.75, 3.05) is 58.3 Å². The van der Waals surface area contributed by atoms with Crippen LogP contribution in [0.3, 0.4) is 0 Å². The van der Waals surface area contributed by atoms with Gasteiger partial charge >= 0.3 is 6.03 Å². The molecule has 1 aromatic carbocycles. The first-order valence-electron chi connectivity index (χ1n) is 7.66. The minimum Gasteiger partial charge on any atom is -0.367 e. The number of nitrogens with zero attached hydrogens (tertiary/aromatic N) is 3. The number of likely N-dealkylation sites (N-methyl/N-ethyl adjacent to an activating group) is 1. The number of urea groups is 1. The Morgan fingerprint density at radius 2 is 1.95 bits per heavy atom. The lowest BCUT2D eigenvalue weighted by molar-refractivity contribution is 0.193. The molecule has 22 heavy (non-hydrogen) atoms. The summed E-state index contributed by atoms with van der Waals surface area (Å²) in [5.41, 5.74) is 2.45. The lowest BCUT2D eigenvalue weighted by Gasteiger charge is -2.36. The summed E-state index contributed by atoms with van der Waals surface area (Å²) in [6.45, 7) is 6.88. The minimum atomic E-state index is 0.0458. The van der Waals surface area contributed by atoms with Gasteiger partial charge in [0.2, 0.25) is 0 Å². The molecule has 0 radical (unpaired) electrons. The molecule has 0 aromatic heterocycles. The summed E-state index contributed by atoms with van der Waals surface area (Å²) in [7, 11) is 4.01. The Labute approximate surface area is 141 Å². The van der Waals surface area contributed by atoms with Gasteiger partial charge in [0.25, 0.3) is 0 Å². The predicted octanol–water partition coefficient (Wildman–Crippen LogP) is 2.15. The molecule has 122 valence electrons. The van der Waals surface area contributed by atoms with Gasteiger partial charge in [-0.15, -0.1) is 0 Å². The van der Waals surface area contributed by atoms with Crippen molar-refractivity contribution < 1.29 is 4.79 Å². The topological polar surface area (TPSA) is 38.8 Å². The lowest BCUT2D eigenvalue weighted by Crippen LogP contribution is -2.52. The molecule has 6 heteroatoms. The van der Waals surface area contributed by atoms with E-state index in [0.717, 1.165) is 37.2 Å². The van der Waals surface area contributed by atoms with Crippen LogP contribution in [0.2, 0.25) is 0 Å². The second-order valence-corrected chi connectivity index (χ2v) is 6.82. The van der Waals surface area contributed by atoms with Gasteiger partial charge in [-0.1, -0.05) is 6.07 Å². The third-order valence-corrected chi connectivity index (χ3v) is 4.48. The van der Waals surface area contributed by atoms with Crippen LogP contribution >= 0.6 is 15.9 Å². The van der Waals surface area contributed by atoms with E-state index in [2.05, 4.69) is 56.2 Å². The van der Waals surface area contributed by atoms with Crippen LogP contribution in [0, 0.1) is 6.92 Å². The molecule has 0 saturated carbocycles. The minimum absolute atomic E-state index is 0.0458. The Kier molecular flexibility index (Phi) is 6.08. The number of anilines is 1. The fourth-order valence-corrected chi connectivity index (χ4v) is 3.26. The zero-order valence-electron chi connectivity index (χ0n) is 13.6. The Bertz CT molecular complexity index is 513. The molecule has 2 amide bonds.